The molecule has 0 aliphatic carbocycles. The lowest BCUT2D eigenvalue weighted by molar-refractivity contribution is -0.137. The van der Waals surface area contributed by atoms with Gasteiger partial charge in [-0.3, -0.25) is 19.9 Å². The summed E-state index contributed by atoms with van der Waals surface area (Å²) in [6.07, 6.45) is 0.692. The van der Waals surface area contributed by atoms with Crippen molar-refractivity contribution in [3.63, 3.8) is 0 Å². The molecule has 0 unspecified atom stereocenters. The van der Waals surface area contributed by atoms with Crippen molar-refractivity contribution in [3.8, 4) is 11.1 Å². The summed E-state index contributed by atoms with van der Waals surface area (Å²) in [5, 5.41) is 9.94. The van der Waals surface area contributed by atoms with Gasteiger partial charge in [-0.1, -0.05) is 6.07 Å². The Bertz CT molecular complexity index is 1160. The smallest absolute Gasteiger partial charge is 0.319 e. The van der Waals surface area contributed by atoms with E-state index in [2.05, 4.69) is 25.5 Å². The van der Waals surface area contributed by atoms with E-state index in [1.165, 1.54) is 12.4 Å². The molecule has 0 bridgehead atoms. The van der Waals surface area contributed by atoms with Crippen LogP contribution in [0, 0.1) is 0 Å². The van der Waals surface area contributed by atoms with Crippen LogP contribution in [0.3, 0.4) is 0 Å². The molecule has 0 saturated carbocycles. The van der Waals surface area contributed by atoms with Crippen LogP contribution in [0.15, 0.2) is 61.2 Å². The van der Waals surface area contributed by atoms with Gasteiger partial charge in [0.05, 0.1) is 23.0 Å². The molecule has 1 amide bonds. The maximum absolute atomic E-state index is 13.0. The minimum atomic E-state index is -4.49. The number of anilines is 1. The maximum Gasteiger partial charge on any atom is 0.417 e. The number of aromatic nitrogens is 4. The molecule has 0 atom stereocenters. The zero-order valence-corrected chi connectivity index (χ0v) is 14.2. The van der Waals surface area contributed by atoms with Gasteiger partial charge in [0.25, 0.3) is 5.91 Å². The third kappa shape index (κ3) is 3.41. The Balaban J connectivity index is 1.72. The van der Waals surface area contributed by atoms with Crippen molar-refractivity contribution in [1.82, 2.24) is 20.2 Å². The van der Waals surface area contributed by atoms with Crippen molar-refractivity contribution >= 4 is 22.5 Å². The molecule has 0 aliphatic rings. The number of hydrogen-bond donors (Lipinski definition) is 2. The van der Waals surface area contributed by atoms with E-state index in [4.69, 9.17) is 0 Å². The second-order valence-corrected chi connectivity index (χ2v) is 5.99. The molecule has 4 aromatic rings. The van der Waals surface area contributed by atoms with Crippen molar-refractivity contribution in [2.75, 3.05) is 5.32 Å². The maximum atomic E-state index is 13.0. The zero-order valence-electron chi connectivity index (χ0n) is 14.2. The van der Waals surface area contributed by atoms with E-state index in [1.807, 2.05) is 0 Å². The fourth-order valence-electron chi connectivity index (χ4n) is 2.75. The molecule has 2 N–H and O–H groups in total. The van der Waals surface area contributed by atoms with Crippen molar-refractivity contribution in [2.24, 2.45) is 0 Å². The average Bonchev–Trinajstić information content (AvgIpc) is 3.11. The van der Waals surface area contributed by atoms with Gasteiger partial charge in [0.2, 0.25) is 0 Å². The largest absolute Gasteiger partial charge is 0.417 e. The molecule has 9 heteroatoms. The number of rotatable bonds is 3. The number of nitrogens with one attached hydrogen (secondary N) is 2. The van der Waals surface area contributed by atoms with E-state index in [-0.39, 0.29) is 11.3 Å². The minimum Gasteiger partial charge on any atom is -0.319 e. The molecule has 0 saturated heterocycles. The van der Waals surface area contributed by atoms with E-state index in [9.17, 15) is 18.0 Å². The van der Waals surface area contributed by atoms with Crippen molar-refractivity contribution in [1.29, 1.82) is 0 Å². The number of amides is 1. The molecular weight excluding hydrogens is 371 g/mol. The number of pyridine rings is 2. The molecule has 28 heavy (non-hydrogen) atoms. The normalized spacial score (nSPS) is 11.5. The highest BCUT2D eigenvalue weighted by Crippen LogP contribution is 2.32. The van der Waals surface area contributed by atoms with Gasteiger partial charge in [-0.05, 0) is 35.9 Å². The lowest BCUT2D eigenvalue weighted by Crippen LogP contribution is -2.12. The number of H-pyrrole nitrogens is 1. The lowest BCUT2D eigenvalue weighted by Gasteiger charge is -2.08. The Morgan fingerprint density at radius 3 is 2.61 bits per heavy atom. The minimum absolute atomic E-state index is 0.126. The predicted octanol–water partition coefficient (Wildman–Crippen LogP) is 4.29. The molecule has 1 aromatic carbocycles. The van der Waals surface area contributed by atoms with Gasteiger partial charge in [-0.25, -0.2) is 0 Å². The fourth-order valence-corrected chi connectivity index (χ4v) is 2.75. The number of fused-ring (bicyclic) bond motifs is 1. The highest BCUT2D eigenvalue weighted by molar-refractivity contribution is 6.11. The molecule has 0 radical (unpaired) electrons. The number of carbonyl (C=O) groups is 1. The topological polar surface area (TPSA) is 83.6 Å². The predicted molar refractivity (Wildman–Crippen MR) is 96.5 cm³/mol. The second kappa shape index (κ2) is 6.76. The van der Waals surface area contributed by atoms with Crippen LogP contribution in [0.5, 0.6) is 0 Å². The van der Waals surface area contributed by atoms with Crippen molar-refractivity contribution in [2.45, 2.75) is 6.18 Å². The van der Waals surface area contributed by atoms with Crippen LogP contribution in [-0.4, -0.2) is 26.1 Å². The molecule has 0 aliphatic heterocycles. The summed E-state index contributed by atoms with van der Waals surface area (Å²) in [7, 11) is 0. The first-order chi connectivity index (χ1) is 13.4. The molecule has 0 fully saturated rings. The van der Waals surface area contributed by atoms with E-state index >= 15 is 0 Å². The van der Waals surface area contributed by atoms with Crippen LogP contribution in [-0.2, 0) is 6.18 Å². The average molecular weight is 383 g/mol. The Hall–Kier alpha value is -3.75. The molecule has 4 rings (SSSR count). The molecule has 6 nitrogen and oxygen atoms in total. The third-order valence-corrected chi connectivity index (χ3v) is 4.10. The number of nitrogens with zero attached hydrogens (tertiary/aromatic N) is 3. The number of carbonyl (C=O) groups excluding carboxylic acids is 1. The number of benzene rings is 1. The Morgan fingerprint density at radius 2 is 1.86 bits per heavy atom. The molecule has 0 spiro atoms. The van der Waals surface area contributed by atoms with Gasteiger partial charge >= 0.3 is 6.18 Å². The van der Waals surface area contributed by atoms with Crippen LogP contribution in [0.4, 0.5) is 18.9 Å². The van der Waals surface area contributed by atoms with Crippen LogP contribution >= 0.6 is 0 Å². The van der Waals surface area contributed by atoms with Crippen LogP contribution in [0.25, 0.3) is 22.0 Å². The molecular formula is C19H12F3N5O. The van der Waals surface area contributed by atoms with Crippen molar-refractivity contribution in [3.05, 3.63) is 72.4 Å². The van der Waals surface area contributed by atoms with Crippen molar-refractivity contribution < 1.29 is 18.0 Å². The highest BCUT2D eigenvalue weighted by Gasteiger charge is 2.31. The summed E-state index contributed by atoms with van der Waals surface area (Å²) in [6, 6.07) is 9.27. The van der Waals surface area contributed by atoms with Gasteiger partial charge in [-0.2, -0.15) is 18.3 Å². The quantitative estimate of drug-likeness (QED) is 0.553. The number of alkyl halides is 3. The van der Waals surface area contributed by atoms with Gasteiger partial charge in [-0.15, -0.1) is 0 Å². The summed E-state index contributed by atoms with van der Waals surface area (Å²) in [5.41, 5.74) is 1.15. The standard InChI is InChI=1S/C19H12F3N5O/c20-19(21,22)13-6-12(8-24-9-13)11-3-4-16-15(7-11)17(27-26-16)18(28)25-14-2-1-5-23-10-14/h1-10H,(H,25,28)(H,26,27). The first-order valence-corrected chi connectivity index (χ1v) is 8.14. The van der Waals surface area contributed by atoms with Crippen LogP contribution < -0.4 is 5.32 Å². The summed E-state index contributed by atoms with van der Waals surface area (Å²) < 4.78 is 38.9. The monoisotopic (exact) mass is 383 g/mol. The van der Waals surface area contributed by atoms with E-state index in [1.54, 1.807) is 36.5 Å². The Kier molecular flexibility index (Phi) is 4.26. The Morgan fingerprint density at radius 1 is 1.00 bits per heavy atom. The third-order valence-electron chi connectivity index (χ3n) is 4.10. The summed E-state index contributed by atoms with van der Waals surface area (Å²) in [6.45, 7) is 0. The molecule has 3 aromatic heterocycles. The summed E-state index contributed by atoms with van der Waals surface area (Å²) in [5.74, 6) is -0.460. The zero-order chi connectivity index (χ0) is 19.7. The number of hydrogen-bond acceptors (Lipinski definition) is 4. The number of halogens is 3. The SMILES string of the molecule is O=C(Nc1cccnc1)c1n[nH]c2ccc(-c3cncc(C(F)(F)F)c3)cc12. The van der Waals surface area contributed by atoms with Gasteiger partial charge in [0.15, 0.2) is 5.69 Å². The van der Waals surface area contributed by atoms with Gasteiger partial charge in [0, 0.05) is 29.5 Å². The number of aromatic amines is 1. The molecule has 140 valence electrons. The fraction of sp³-hybridized carbons (Fsp3) is 0.0526. The second-order valence-electron chi connectivity index (χ2n) is 5.99. The van der Waals surface area contributed by atoms with E-state index < -0.39 is 17.6 Å². The lowest BCUT2D eigenvalue weighted by atomic mass is 10.0. The van der Waals surface area contributed by atoms with Crippen LogP contribution in [0.2, 0.25) is 0 Å². The van der Waals surface area contributed by atoms with E-state index in [0.29, 0.717) is 22.2 Å². The summed E-state index contributed by atoms with van der Waals surface area (Å²) >= 11 is 0. The first kappa shape index (κ1) is 17.7. The highest BCUT2D eigenvalue weighted by atomic mass is 19.4. The van der Waals surface area contributed by atoms with E-state index in [0.717, 1.165) is 12.3 Å². The van der Waals surface area contributed by atoms with Gasteiger partial charge in [0.1, 0.15) is 0 Å². The Labute approximate surface area is 156 Å². The van der Waals surface area contributed by atoms with Crippen LogP contribution in [0.1, 0.15) is 16.1 Å². The summed E-state index contributed by atoms with van der Waals surface area (Å²) in [4.78, 5) is 20.1. The molecule has 3 heterocycles. The first-order valence-electron chi connectivity index (χ1n) is 8.14. The van der Waals surface area contributed by atoms with Gasteiger partial charge < -0.3 is 5.32 Å².